The Hall–Kier alpha value is -1.84. The molecule has 0 aromatic heterocycles. The number of hydrogen-bond acceptors (Lipinski definition) is 2. The fourth-order valence-corrected chi connectivity index (χ4v) is 2.07. The predicted molar refractivity (Wildman–Crippen MR) is 86.5 cm³/mol. The molecule has 0 spiro atoms. The molecule has 0 aliphatic carbocycles. The molecular weight excluding hydrogens is 264 g/mol. The number of benzene rings is 1. The van der Waals surface area contributed by atoms with Crippen LogP contribution in [0.5, 0.6) is 0 Å². The lowest BCUT2D eigenvalue weighted by Crippen LogP contribution is -2.21. The fraction of sp³-hybridized carbons (Fsp3) is 0.529. The van der Waals surface area contributed by atoms with Crippen molar-refractivity contribution < 1.29 is 9.59 Å². The van der Waals surface area contributed by atoms with Gasteiger partial charge in [-0.05, 0) is 30.7 Å². The molecule has 116 valence electrons. The van der Waals surface area contributed by atoms with Gasteiger partial charge in [0.25, 0.3) is 5.91 Å². The Labute approximate surface area is 127 Å². The highest BCUT2D eigenvalue weighted by atomic mass is 16.2. The van der Waals surface area contributed by atoms with Crippen molar-refractivity contribution in [3.05, 3.63) is 29.8 Å². The average Bonchev–Trinajstić information content (AvgIpc) is 2.47. The third kappa shape index (κ3) is 6.43. The number of unbranched alkanes of at least 4 members (excludes halogenated alkanes) is 4. The van der Waals surface area contributed by atoms with Gasteiger partial charge in [0.15, 0.2) is 0 Å². The molecule has 0 saturated carbocycles. The standard InChI is InChI=1S/C17H26N2O2/c1-4-5-6-7-8-9-16(20)18-15-12-10-14(11-13-15)17(21)19(2)3/h10-13H,4-9H2,1-3H3,(H,18,20). The number of hydrogen-bond donors (Lipinski definition) is 1. The summed E-state index contributed by atoms with van der Waals surface area (Å²) < 4.78 is 0. The normalized spacial score (nSPS) is 10.2. The van der Waals surface area contributed by atoms with Gasteiger partial charge >= 0.3 is 0 Å². The number of nitrogens with zero attached hydrogens (tertiary/aromatic N) is 1. The van der Waals surface area contributed by atoms with Crippen LogP contribution < -0.4 is 5.32 Å². The highest BCUT2D eigenvalue weighted by Crippen LogP contribution is 2.12. The first kappa shape index (κ1) is 17.2. The number of amides is 2. The van der Waals surface area contributed by atoms with E-state index in [1.165, 1.54) is 24.2 Å². The first-order chi connectivity index (χ1) is 10.0. The highest BCUT2D eigenvalue weighted by molar-refractivity contribution is 5.95. The smallest absolute Gasteiger partial charge is 0.253 e. The molecule has 0 aliphatic rings. The van der Waals surface area contributed by atoms with Gasteiger partial charge in [0.2, 0.25) is 5.91 Å². The summed E-state index contributed by atoms with van der Waals surface area (Å²) >= 11 is 0. The topological polar surface area (TPSA) is 49.4 Å². The van der Waals surface area contributed by atoms with Gasteiger partial charge < -0.3 is 10.2 Å². The summed E-state index contributed by atoms with van der Waals surface area (Å²) in [5, 5.41) is 2.86. The molecule has 0 aliphatic heterocycles. The summed E-state index contributed by atoms with van der Waals surface area (Å²) in [4.78, 5) is 25.1. The average molecular weight is 290 g/mol. The summed E-state index contributed by atoms with van der Waals surface area (Å²) in [5.74, 6) is 0.00184. The Kier molecular flexibility index (Phi) is 7.51. The Bertz CT molecular complexity index is 452. The lowest BCUT2D eigenvalue weighted by molar-refractivity contribution is -0.116. The van der Waals surface area contributed by atoms with Crippen LogP contribution in [0.15, 0.2) is 24.3 Å². The molecular formula is C17H26N2O2. The molecule has 0 fully saturated rings. The molecule has 1 aromatic rings. The van der Waals surface area contributed by atoms with E-state index in [-0.39, 0.29) is 11.8 Å². The molecule has 0 bridgehead atoms. The molecule has 0 saturated heterocycles. The third-order valence-electron chi connectivity index (χ3n) is 3.33. The Balaban J connectivity index is 2.38. The monoisotopic (exact) mass is 290 g/mol. The van der Waals surface area contributed by atoms with E-state index in [4.69, 9.17) is 0 Å². The lowest BCUT2D eigenvalue weighted by Gasteiger charge is -2.11. The van der Waals surface area contributed by atoms with Crippen molar-refractivity contribution in [1.82, 2.24) is 4.90 Å². The van der Waals surface area contributed by atoms with Crippen LogP contribution in [-0.4, -0.2) is 30.8 Å². The minimum Gasteiger partial charge on any atom is -0.345 e. The SMILES string of the molecule is CCCCCCCC(=O)Nc1ccc(C(=O)N(C)C)cc1. The van der Waals surface area contributed by atoms with Crippen molar-refractivity contribution in [1.29, 1.82) is 0 Å². The zero-order valence-electron chi connectivity index (χ0n) is 13.3. The number of rotatable bonds is 8. The minimum atomic E-state index is -0.0381. The second-order valence-electron chi connectivity index (χ2n) is 5.49. The van der Waals surface area contributed by atoms with E-state index < -0.39 is 0 Å². The van der Waals surface area contributed by atoms with Crippen molar-refractivity contribution in [3.8, 4) is 0 Å². The van der Waals surface area contributed by atoms with Gasteiger partial charge in [0.05, 0.1) is 0 Å². The summed E-state index contributed by atoms with van der Waals surface area (Å²) in [6, 6.07) is 7.01. The van der Waals surface area contributed by atoms with Gasteiger partial charge in [-0.2, -0.15) is 0 Å². The molecule has 1 rings (SSSR count). The van der Waals surface area contributed by atoms with Crippen LogP contribution >= 0.6 is 0 Å². The van der Waals surface area contributed by atoms with Gasteiger partial charge in [0, 0.05) is 31.8 Å². The summed E-state index contributed by atoms with van der Waals surface area (Å²) in [6.45, 7) is 2.18. The van der Waals surface area contributed by atoms with Crippen LogP contribution in [0, 0.1) is 0 Å². The van der Waals surface area contributed by atoms with Gasteiger partial charge in [-0.1, -0.05) is 32.6 Å². The van der Waals surface area contributed by atoms with E-state index in [0.29, 0.717) is 12.0 Å². The number of carbonyl (C=O) groups excluding carboxylic acids is 2. The molecule has 4 heteroatoms. The zero-order chi connectivity index (χ0) is 15.7. The number of anilines is 1. The maximum Gasteiger partial charge on any atom is 0.253 e. The quantitative estimate of drug-likeness (QED) is 0.742. The largest absolute Gasteiger partial charge is 0.345 e. The van der Waals surface area contributed by atoms with Crippen LogP contribution in [0.2, 0.25) is 0 Å². The lowest BCUT2D eigenvalue weighted by atomic mass is 10.1. The summed E-state index contributed by atoms with van der Waals surface area (Å²) in [7, 11) is 3.44. The van der Waals surface area contributed by atoms with Crippen LogP contribution in [-0.2, 0) is 4.79 Å². The zero-order valence-corrected chi connectivity index (χ0v) is 13.3. The summed E-state index contributed by atoms with van der Waals surface area (Å²) in [5.41, 5.74) is 1.36. The van der Waals surface area contributed by atoms with E-state index in [0.717, 1.165) is 18.5 Å². The van der Waals surface area contributed by atoms with Gasteiger partial charge in [0.1, 0.15) is 0 Å². The number of carbonyl (C=O) groups is 2. The van der Waals surface area contributed by atoms with Crippen molar-refractivity contribution in [2.24, 2.45) is 0 Å². The van der Waals surface area contributed by atoms with Gasteiger partial charge in [-0.3, -0.25) is 9.59 Å². The second-order valence-corrected chi connectivity index (χ2v) is 5.49. The van der Waals surface area contributed by atoms with Crippen LogP contribution in [0.3, 0.4) is 0 Å². The van der Waals surface area contributed by atoms with Crippen molar-refractivity contribution in [2.75, 3.05) is 19.4 Å². The van der Waals surface area contributed by atoms with Gasteiger partial charge in [-0.15, -0.1) is 0 Å². The first-order valence-electron chi connectivity index (χ1n) is 7.66. The molecule has 0 unspecified atom stereocenters. The molecule has 0 heterocycles. The molecule has 4 nitrogen and oxygen atoms in total. The second kappa shape index (κ2) is 9.16. The molecule has 0 atom stereocenters. The van der Waals surface area contributed by atoms with Crippen LogP contribution in [0.1, 0.15) is 55.8 Å². The first-order valence-corrected chi connectivity index (χ1v) is 7.66. The molecule has 2 amide bonds. The van der Waals surface area contributed by atoms with Crippen molar-refractivity contribution in [2.45, 2.75) is 45.4 Å². The van der Waals surface area contributed by atoms with E-state index in [9.17, 15) is 9.59 Å². The van der Waals surface area contributed by atoms with Crippen LogP contribution in [0.25, 0.3) is 0 Å². The Morgan fingerprint density at radius 1 is 1.00 bits per heavy atom. The maximum absolute atomic E-state index is 11.8. The fourth-order valence-electron chi connectivity index (χ4n) is 2.07. The van der Waals surface area contributed by atoms with Crippen LogP contribution in [0.4, 0.5) is 5.69 Å². The van der Waals surface area contributed by atoms with E-state index in [2.05, 4.69) is 12.2 Å². The molecule has 1 N–H and O–H groups in total. The predicted octanol–water partition coefficient (Wildman–Crippen LogP) is 3.69. The minimum absolute atomic E-state index is 0.0381. The van der Waals surface area contributed by atoms with E-state index in [1.807, 2.05) is 0 Å². The van der Waals surface area contributed by atoms with Crippen molar-refractivity contribution in [3.63, 3.8) is 0 Å². The Morgan fingerprint density at radius 3 is 2.19 bits per heavy atom. The number of nitrogens with one attached hydrogen (secondary N) is 1. The molecule has 21 heavy (non-hydrogen) atoms. The van der Waals surface area contributed by atoms with E-state index >= 15 is 0 Å². The molecule has 1 aromatic carbocycles. The highest BCUT2D eigenvalue weighted by Gasteiger charge is 2.08. The third-order valence-corrected chi connectivity index (χ3v) is 3.33. The van der Waals surface area contributed by atoms with E-state index in [1.54, 1.807) is 38.4 Å². The van der Waals surface area contributed by atoms with Gasteiger partial charge in [-0.25, -0.2) is 0 Å². The summed E-state index contributed by atoms with van der Waals surface area (Å²) in [6.07, 6.45) is 6.25. The maximum atomic E-state index is 11.8. The van der Waals surface area contributed by atoms with Crippen molar-refractivity contribution >= 4 is 17.5 Å². The Morgan fingerprint density at radius 2 is 1.62 bits per heavy atom. The molecule has 0 radical (unpaired) electrons.